The van der Waals surface area contributed by atoms with Gasteiger partial charge in [-0.1, -0.05) is 29.3 Å². The first-order valence-electron chi connectivity index (χ1n) is 7.92. The van der Waals surface area contributed by atoms with Crippen LogP contribution >= 0.6 is 23.2 Å². The van der Waals surface area contributed by atoms with Gasteiger partial charge in [-0.15, -0.1) is 0 Å². The minimum atomic E-state index is -0.267. The van der Waals surface area contributed by atoms with Crippen molar-refractivity contribution in [2.24, 2.45) is 0 Å². The lowest BCUT2D eigenvalue weighted by atomic mass is 10.2. The third kappa shape index (κ3) is 5.01. The number of carbonyl (C=O) groups is 1. The van der Waals surface area contributed by atoms with E-state index >= 15 is 0 Å². The molecule has 1 aliphatic heterocycles. The molecule has 7 heteroatoms. The molecule has 1 fully saturated rings. The predicted octanol–water partition coefficient (Wildman–Crippen LogP) is 3.85. The fourth-order valence-corrected chi connectivity index (χ4v) is 2.93. The fraction of sp³-hybridized carbons (Fsp3) is 0.278. The molecule has 0 aliphatic carbocycles. The number of amides is 1. The van der Waals surface area contributed by atoms with E-state index in [0.29, 0.717) is 34.7 Å². The Hall–Kier alpha value is -1.95. The summed E-state index contributed by atoms with van der Waals surface area (Å²) in [6.45, 7) is 2.74. The first-order valence-corrected chi connectivity index (χ1v) is 8.68. The molecular weight excluding hydrogens is 363 g/mol. The Morgan fingerprint density at radius 2 is 1.88 bits per heavy atom. The van der Waals surface area contributed by atoms with E-state index in [-0.39, 0.29) is 12.5 Å². The zero-order chi connectivity index (χ0) is 17.6. The highest BCUT2D eigenvalue weighted by Crippen LogP contribution is 2.30. The van der Waals surface area contributed by atoms with E-state index in [1.54, 1.807) is 30.3 Å². The lowest BCUT2D eigenvalue weighted by Crippen LogP contribution is -2.37. The van der Waals surface area contributed by atoms with Gasteiger partial charge < -0.3 is 19.7 Å². The molecule has 0 radical (unpaired) electrons. The maximum atomic E-state index is 12.3. The number of benzene rings is 2. The van der Waals surface area contributed by atoms with E-state index in [4.69, 9.17) is 32.7 Å². The Morgan fingerprint density at radius 3 is 2.64 bits per heavy atom. The summed E-state index contributed by atoms with van der Waals surface area (Å²) >= 11 is 12.0. The van der Waals surface area contributed by atoms with Gasteiger partial charge in [0.25, 0.3) is 5.91 Å². The summed E-state index contributed by atoms with van der Waals surface area (Å²) in [7, 11) is 0. The normalized spacial score (nSPS) is 14.2. The summed E-state index contributed by atoms with van der Waals surface area (Å²) in [4.78, 5) is 14.4. The van der Waals surface area contributed by atoms with E-state index in [2.05, 4.69) is 10.2 Å². The maximum Gasteiger partial charge on any atom is 0.262 e. The van der Waals surface area contributed by atoms with Crippen molar-refractivity contribution in [1.29, 1.82) is 0 Å². The van der Waals surface area contributed by atoms with Crippen molar-refractivity contribution in [3.8, 4) is 5.75 Å². The molecule has 0 aromatic heterocycles. The van der Waals surface area contributed by atoms with Crippen LogP contribution in [-0.4, -0.2) is 38.8 Å². The first kappa shape index (κ1) is 17.9. The highest BCUT2D eigenvalue weighted by molar-refractivity contribution is 6.31. The van der Waals surface area contributed by atoms with Crippen LogP contribution in [0.4, 0.5) is 11.4 Å². The Kier molecular flexibility index (Phi) is 6.02. The molecule has 132 valence electrons. The minimum absolute atomic E-state index is 0.116. The summed E-state index contributed by atoms with van der Waals surface area (Å²) in [6.07, 6.45) is 0. The molecule has 2 aromatic carbocycles. The third-order valence-electron chi connectivity index (χ3n) is 3.75. The standard InChI is InChI=1S/C18H18Cl2N2O3/c19-13-2-1-3-15(10-13)25-12-18(23)21-16-11-14(20)4-5-17(16)22-6-8-24-9-7-22/h1-5,10-11H,6-9,12H2,(H,21,23). The monoisotopic (exact) mass is 380 g/mol. The smallest absolute Gasteiger partial charge is 0.262 e. The van der Waals surface area contributed by atoms with E-state index < -0.39 is 0 Å². The number of morpholine rings is 1. The largest absolute Gasteiger partial charge is 0.484 e. The second-order valence-electron chi connectivity index (χ2n) is 5.56. The number of nitrogens with zero attached hydrogens (tertiary/aromatic N) is 1. The van der Waals surface area contributed by atoms with E-state index in [9.17, 15) is 4.79 Å². The van der Waals surface area contributed by atoms with Crippen molar-refractivity contribution in [3.63, 3.8) is 0 Å². The van der Waals surface area contributed by atoms with Gasteiger partial charge in [-0.25, -0.2) is 0 Å². The molecule has 1 saturated heterocycles. The van der Waals surface area contributed by atoms with Crippen LogP contribution in [0, 0.1) is 0 Å². The molecule has 1 amide bonds. The molecule has 0 saturated carbocycles. The van der Waals surface area contributed by atoms with E-state index in [1.165, 1.54) is 0 Å². The summed E-state index contributed by atoms with van der Waals surface area (Å²) in [6, 6.07) is 12.4. The summed E-state index contributed by atoms with van der Waals surface area (Å²) in [5.41, 5.74) is 1.58. The average Bonchev–Trinajstić information content (AvgIpc) is 2.61. The molecule has 3 rings (SSSR count). The van der Waals surface area contributed by atoms with Gasteiger partial charge in [0.05, 0.1) is 24.6 Å². The summed E-state index contributed by atoms with van der Waals surface area (Å²) in [5, 5.41) is 3.99. The van der Waals surface area contributed by atoms with Crippen molar-refractivity contribution >= 4 is 40.5 Å². The molecule has 1 N–H and O–H groups in total. The molecule has 2 aromatic rings. The zero-order valence-corrected chi connectivity index (χ0v) is 15.0. The predicted molar refractivity (Wildman–Crippen MR) is 100 cm³/mol. The molecule has 1 aliphatic rings. The number of rotatable bonds is 5. The van der Waals surface area contributed by atoms with Crippen molar-refractivity contribution in [3.05, 3.63) is 52.5 Å². The van der Waals surface area contributed by atoms with Gasteiger partial charge >= 0.3 is 0 Å². The van der Waals surface area contributed by atoms with Gasteiger partial charge in [0, 0.05) is 23.1 Å². The highest BCUT2D eigenvalue weighted by atomic mass is 35.5. The van der Waals surface area contributed by atoms with Crippen molar-refractivity contribution in [2.75, 3.05) is 43.1 Å². The van der Waals surface area contributed by atoms with Crippen LogP contribution in [0.3, 0.4) is 0 Å². The number of nitrogens with one attached hydrogen (secondary N) is 1. The molecule has 0 bridgehead atoms. The number of hydrogen-bond acceptors (Lipinski definition) is 4. The van der Waals surface area contributed by atoms with E-state index in [0.717, 1.165) is 18.8 Å². The molecule has 0 spiro atoms. The summed E-state index contributed by atoms with van der Waals surface area (Å²) in [5.74, 6) is 0.277. The lowest BCUT2D eigenvalue weighted by Gasteiger charge is -2.30. The number of hydrogen-bond donors (Lipinski definition) is 1. The quantitative estimate of drug-likeness (QED) is 0.855. The molecule has 25 heavy (non-hydrogen) atoms. The fourth-order valence-electron chi connectivity index (χ4n) is 2.58. The van der Waals surface area contributed by atoms with Crippen LogP contribution < -0.4 is 15.0 Å². The Morgan fingerprint density at radius 1 is 1.12 bits per heavy atom. The zero-order valence-electron chi connectivity index (χ0n) is 13.5. The van der Waals surface area contributed by atoms with Gasteiger partial charge in [0.15, 0.2) is 6.61 Å². The number of anilines is 2. The molecule has 0 unspecified atom stereocenters. The van der Waals surface area contributed by atoms with Crippen LogP contribution in [0.5, 0.6) is 5.75 Å². The van der Waals surface area contributed by atoms with Crippen LogP contribution in [0.15, 0.2) is 42.5 Å². The van der Waals surface area contributed by atoms with Crippen molar-refractivity contribution in [1.82, 2.24) is 0 Å². The van der Waals surface area contributed by atoms with Gasteiger partial charge in [0.1, 0.15) is 5.75 Å². The Bertz CT molecular complexity index is 749. The molecular formula is C18H18Cl2N2O3. The molecule has 0 atom stereocenters. The highest BCUT2D eigenvalue weighted by Gasteiger charge is 2.16. The van der Waals surface area contributed by atoms with E-state index in [1.807, 2.05) is 12.1 Å². The van der Waals surface area contributed by atoms with Gasteiger partial charge in [-0.05, 0) is 36.4 Å². The number of ether oxygens (including phenoxy) is 2. The van der Waals surface area contributed by atoms with Crippen molar-refractivity contribution in [2.45, 2.75) is 0 Å². The van der Waals surface area contributed by atoms with Crippen molar-refractivity contribution < 1.29 is 14.3 Å². The second kappa shape index (κ2) is 8.43. The second-order valence-corrected chi connectivity index (χ2v) is 6.43. The van der Waals surface area contributed by atoms with Crippen LogP contribution in [0.1, 0.15) is 0 Å². The summed E-state index contributed by atoms with van der Waals surface area (Å²) < 4.78 is 10.9. The Balaban J connectivity index is 1.66. The van der Waals surface area contributed by atoms with Gasteiger partial charge in [-0.2, -0.15) is 0 Å². The first-order chi connectivity index (χ1) is 12.1. The third-order valence-corrected chi connectivity index (χ3v) is 4.22. The van der Waals surface area contributed by atoms with Crippen LogP contribution in [0.2, 0.25) is 10.0 Å². The number of carbonyl (C=O) groups excluding carboxylic acids is 1. The topological polar surface area (TPSA) is 50.8 Å². The SMILES string of the molecule is O=C(COc1cccc(Cl)c1)Nc1cc(Cl)ccc1N1CCOCC1. The molecule has 1 heterocycles. The maximum absolute atomic E-state index is 12.3. The van der Waals surface area contributed by atoms with Crippen LogP contribution in [-0.2, 0) is 9.53 Å². The lowest BCUT2D eigenvalue weighted by molar-refractivity contribution is -0.118. The average molecular weight is 381 g/mol. The number of halogens is 2. The van der Waals surface area contributed by atoms with Gasteiger partial charge in [0.2, 0.25) is 0 Å². The molecule has 5 nitrogen and oxygen atoms in total. The van der Waals surface area contributed by atoms with Gasteiger partial charge in [-0.3, -0.25) is 4.79 Å². The Labute approximate surface area is 156 Å². The minimum Gasteiger partial charge on any atom is -0.484 e. The van der Waals surface area contributed by atoms with Crippen LogP contribution in [0.25, 0.3) is 0 Å².